The van der Waals surface area contributed by atoms with Crippen molar-refractivity contribution in [3.63, 3.8) is 0 Å². The van der Waals surface area contributed by atoms with Gasteiger partial charge in [-0.15, -0.1) is 0 Å². The number of hydrogen-bond acceptors (Lipinski definition) is 0. The Morgan fingerprint density at radius 1 is 0.640 bits per heavy atom. The van der Waals surface area contributed by atoms with Crippen LogP contribution >= 0.6 is 0 Å². The summed E-state index contributed by atoms with van der Waals surface area (Å²) in [5, 5.41) is 2.72. The number of nitrogens with one attached hydrogen (secondary N) is 1. The van der Waals surface area contributed by atoms with Crippen LogP contribution < -0.4 is 0 Å². The zero-order valence-corrected chi connectivity index (χ0v) is 15.8. The summed E-state index contributed by atoms with van der Waals surface area (Å²) in [5.41, 5.74) is 3.98. The summed E-state index contributed by atoms with van der Waals surface area (Å²) in [6.45, 7) is 2.29. The molecule has 0 saturated heterocycles. The van der Waals surface area contributed by atoms with E-state index < -0.39 is 0 Å². The van der Waals surface area contributed by atoms with Crippen LogP contribution in [0.25, 0.3) is 21.8 Å². The van der Waals surface area contributed by atoms with Crippen molar-refractivity contribution in [3.8, 4) is 0 Å². The van der Waals surface area contributed by atoms with Crippen molar-refractivity contribution < 1.29 is 0 Å². The number of aryl methyl sites for hydroxylation is 1. The van der Waals surface area contributed by atoms with Gasteiger partial charge < -0.3 is 4.98 Å². The molecule has 0 saturated carbocycles. The molecule has 0 amide bonds. The van der Waals surface area contributed by atoms with Crippen molar-refractivity contribution in [2.24, 2.45) is 0 Å². The average molecular weight is 336 g/mol. The highest BCUT2D eigenvalue weighted by molar-refractivity contribution is 6.07. The summed E-state index contributed by atoms with van der Waals surface area (Å²) in [6.07, 6.45) is 15.3. The fraction of sp³-hybridized carbons (Fsp3) is 0.500. The molecule has 2 aromatic carbocycles. The van der Waals surface area contributed by atoms with Crippen molar-refractivity contribution in [1.29, 1.82) is 0 Å². The number of unbranched alkanes of at least 4 members (excludes halogenated alkanes) is 9. The van der Waals surface area contributed by atoms with Crippen LogP contribution in [-0.2, 0) is 6.42 Å². The third kappa shape index (κ3) is 5.11. The van der Waals surface area contributed by atoms with Crippen LogP contribution in [-0.4, -0.2) is 4.98 Å². The zero-order chi connectivity index (χ0) is 17.3. The van der Waals surface area contributed by atoms with E-state index in [1.54, 1.807) is 0 Å². The Morgan fingerprint density at radius 2 is 1.28 bits per heavy atom. The zero-order valence-electron chi connectivity index (χ0n) is 15.8. The third-order valence-corrected chi connectivity index (χ3v) is 5.39. The normalized spacial score (nSPS) is 11.6. The van der Waals surface area contributed by atoms with Gasteiger partial charge in [0.25, 0.3) is 0 Å². The minimum Gasteiger partial charge on any atom is -0.355 e. The molecule has 0 aliphatic carbocycles. The molecule has 25 heavy (non-hydrogen) atoms. The minimum atomic E-state index is 1.21. The summed E-state index contributed by atoms with van der Waals surface area (Å²) in [4.78, 5) is 3.51. The van der Waals surface area contributed by atoms with Crippen LogP contribution in [0, 0.1) is 0 Å². The van der Waals surface area contributed by atoms with Crippen molar-refractivity contribution in [2.75, 3.05) is 0 Å². The molecule has 0 fully saturated rings. The molecule has 3 aromatic rings. The first-order valence-electron chi connectivity index (χ1n) is 10.4. The van der Waals surface area contributed by atoms with Gasteiger partial charge in [0.1, 0.15) is 0 Å². The maximum absolute atomic E-state index is 3.51. The van der Waals surface area contributed by atoms with Gasteiger partial charge in [-0.1, -0.05) is 89.0 Å². The Kier molecular flexibility index (Phi) is 6.97. The first-order chi connectivity index (χ1) is 12.4. The smallest absolute Gasteiger partial charge is 0.0465 e. The number of rotatable bonds is 11. The highest BCUT2D eigenvalue weighted by atomic mass is 14.7. The first kappa shape index (κ1) is 18.0. The number of aromatic nitrogens is 1. The van der Waals surface area contributed by atoms with Gasteiger partial charge in [-0.3, -0.25) is 0 Å². The van der Waals surface area contributed by atoms with Crippen molar-refractivity contribution in [1.82, 2.24) is 4.98 Å². The molecule has 0 atom stereocenters. The fourth-order valence-electron chi connectivity index (χ4n) is 3.87. The molecule has 0 aliphatic heterocycles. The van der Waals surface area contributed by atoms with Gasteiger partial charge >= 0.3 is 0 Å². The van der Waals surface area contributed by atoms with Gasteiger partial charge in [-0.05, 0) is 36.6 Å². The largest absolute Gasteiger partial charge is 0.355 e. The quantitative estimate of drug-likeness (QED) is 0.344. The van der Waals surface area contributed by atoms with E-state index in [9.17, 15) is 0 Å². The van der Waals surface area contributed by atoms with Crippen LogP contribution in [0.1, 0.15) is 76.7 Å². The van der Waals surface area contributed by atoms with Crippen LogP contribution in [0.15, 0.2) is 42.5 Å². The molecular formula is C24H33N. The van der Waals surface area contributed by atoms with Crippen molar-refractivity contribution in [3.05, 3.63) is 48.0 Å². The molecule has 3 rings (SSSR count). The van der Waals surface area contributed by atoms with Crippen LogP contribution in [0.3, 0.4) is 0 Å². The molecule has 1 heterocycles. The monoisotopic (exact) mass is 335 g/mol. The van der Waals surface area contributed by atoms with Gasteiger partial charge in [0.15, 0.2) is 0 Å². The lowest BCUT2D eigenvalue weighted by Crippen LogP contribution is -1.87. The predicted octanol–water partition coefficient (Wildman–Crippen LogP) is 7.78. The second-order valence-electron chi connectivity index (χ2n) is 7.48. The molecule has 1 heteroatoms. The van der Waals surface area contributed by atoms with E-state index in [2.05, 4.69) is 54.4 Å². The van der Waals surface area contributed by atoms with Gasteiger partial charge in [-0.2, -0.15) is 0 Å². The van der Waals surface area contributed by atoms with Gasteiger partial charge in [0, 0.05) is 21.8 Å². The highest BCUT2D eigenvalue weighted by Gasteiger charge is 2.04. The summed E-state index contributed by atoms with van der Waals surface area (Å²) < 4.78 is 0. The first-order valence-corrected chi connectivity index (χ1v) is 10.4. The number of aromatic amines is 1. The maximum Gasteiger partial charge on any atom is 0.0465 e. The lowest BCUT2D eigenvalue weighted by atomic mass is 10.0. The summed E-state index contributed by atoms with van der Waals surface area (Å²) in [6, 6.07) is 15.6. The van der Waals surface area contributed by atoms with E-state index in [0.29, 0.717) is 0 Å². The van der Waals surface area contributed by atoms with Crippen LogP contribution in [0.5, 0.6) is 0 Å². The summed E-state index contributed by atoms with van der Waals surface area (Å²) in [7, 11) is 0. The Morgan fingerprint density at radius 3 is 2.04 bits per heavy atom. The van der Waals surface area contributed by atoms with Crippen molar-refractivity contribution in [2.45, 2.75) is 77.6 Å². The van der Waals surface area contributed by atoms with Gasteiger partial charge in [0.05, 0.1) is 0 Å². The topological polar surface area (TPSA) is 15.8 Å². The standard InChI is InChI=1S/C24H33N/c1-2-3-4-5-6-7-8-9-10-11-14-20-17-18-24-22(19-20)21-15-12-13-16-23(21)25-24/h12-13,15-19,25H,2-11,14H2,1H3. The van der Waals surface area contributed by atoms with E-state index in [1.807, 2.05) is 0 Å². The average Bonchev–Trinajstić information content (AvgIpc) is 3.01. The Hall–Kier alpha value is -1.76. The van der Waals surface area contributed by atoms with Crippen LogP contribution in [0.2, 0.25) is 0 Å². The number of benzene rings is 2. The fourth-order valence-corrected chi connectivity index (χ4v) is 3.87. The van der Waals surface area contributed by atoms with Gasteiger partial charge in [-0.25, -0.2) is 0 Å². The molecule has 1 aromatic heterocycles. The SMILES string of the molecule is CCCCCCCCCCCCc1ccc2[nH]c3ccccc3c2c1. The molecular weight excluding hydrogens is 302 g/mol. The number of hydrogen-bond donors (Lipinski definition) is 1. The maximum atomic E-state index is 3.51. The third-order valence-electron chi connectivity index (χ3n) is 5.39. The highest BCUT2D eigenvalue weighted by Crippen LogP contribution is 2.26. The molecule has 134 valence electrons. The van der Waals surface area contributed by atoms with Crippen LogP contribution in [0.4, 0.5) is 0 Å². The lowest BCUT2D eigenvalue weighted by Gasteiger charge is -2.04. The Labute approximate surface area is 152 Å². The Bertz CT molecular complexity index is 768. The number of para-hydroxylation sites is 1. The second-order valence-corrected chi connectivity index (χ2v) is 7.48. The second kappa shape index (κ2) is 9.65. The number of fused-ring (bicyclic) bond motifs is 3. The molecule has 0 unspecified atom stereocenters. The number of H-pyrrole nitrogens is 1. The van der Waals surface area contributed by atoms with E-state index >= 15 is 0 Å². The molecule has 0 radical (unpaired) electrons. The summed E-state index contributed by atoms with van der Waals surface area (Å²) >= 11 is 0. The lowest BCUT2D eigenvalue weighted by molar-refractivity contribution is 0.556. The molecule has 0 spiro atoms. The molecule has 1 N–H and O–H groups in total. The van der Waals surface area contributed by atoms with Gasteiger partial charge in [0.2, 0.25) is 0 Å². The summed E-state index contributed by atoms with van der Waals surface area (Å²) in [5.74, 6) is 0. The predicted molar refractivity (Wildman–Crippen MR) is 111 cm³/mol. The Balaban J connectivity index is 1.39. The van der Waals surface area contributed by atoms with Crippen molar-refractivity contribution >= 4 is 21.8 Å². The van der Waals surface area contributed by atoms with E-state index in [-0.39, 0.29) is 0 Å². The van der Waals surface area contributed by atoms with E-state index in [4.69, 9.17) is 0 Å². The van der Waals surface area contributed by atoms with E-state index in [1.165, 1.54) is 98.0 Å². The van der Waals surface area contributed by atoms with E-state index in [0.717, 1.165) is 0 Å². The molecule has 0 aliphatic rings. The minimum absolute atomic E-state index is 1.21. The molecule has 1 nitrogen and oxygen atoms in total. The molecule has 0 bridgehead atoms.